The Morgan fingerprint density at radius 3 is 2.80 bits per heavy atom. The molecule has 0 bridgehead atoms. The molecule has 6 heteroatoms. The quantitative estimate of drug-likeness (QED) is 0.755. The van der Waals surface area contributed by atoms with Crippen LogP contribution in [0.15, 0.2) is 27.1 Å². The number of hydrogen-bond donors (Lipinski definition) is 0. The van der Waals surface area contributed by atoms with Gasteiger partial charge in [-0.05, 0) is 47.5 Å². The summed E-state index contributed by atoms with van der Waals surface area (Å²) in [4.78, 5) is 16.2. The van der Waals surface area contributed by atoms with Crippen molar-refractivity contribution in [3.8, 4) is 11.5 Å². The van der Waals surface area contributed by atoms with Crippen molar-refractivity contribution in [1.82, 2.24) is 4.98 Å². The summed E-state index contributed by atoms with van der Waals surface area (Å²) in [6.07, 6.45) is 0.586. The minimum Gasteiger partial charge on any atom is -0.460 e. The number of carbonyl (C=O) groups is 1. The van der Waals surface area contributed by atoms with Gasteiger partial charge in [0.2, 0.25) is 11.7 Å². The lowest BCUT2D eigenvalue weighted by molar-refractivity contribution is 0.0489. The number of oxazole rings is 1. The van der Waals surface area contributed by atoms with Crippen LogP contribution in [0, 0.1) is 0 Å². The molecular weight excluding hydrogens is 346 g/mol. The van der Waals surface area contributed by atoms with Gasteiger partial charge in [0.25, 0.3) is 0 Å². The number of aromatic nitrogens is 1. The predicted octanol–water partition coefficient (Wildman–Crippen LogP) is 4.50. The van der Waals surface area contributed by atoms with Gasteiger partial charge >= 0.3 is 5.97 Å². The van der Waals surface area contributed by atoms with E-state index in [4.69, 9.17) is 20.8 Å². The highest BCUT2D eigenvalue weighted by molar-refractivity contribution is 9.10. The highest BCUT2D eigenvalue weighted by Crippen LogP contribution is 2.31. The van der Waals surface area contributed by atoms with Gasteiger partial charge < -0.3 is 9.15 Å². The number of halogens is 2. The molecule has 2 aromatic rings. The first kappa shape index (κ1) is 15.1. The van der Waals surface area contributed by atoms with Gasteiger partial charge in [0.05, 0.1) is 17.9 Å². The molecule has 106 valence electrons. The predicted molar refractivity (Wildman–Crippen MR) is 80.0 cm³/mol. The second kappa shape index (κ2) is 6.41. The molecule has 4 nitrogen and oxygen atoms in total. The first-order chi connectivity index (χ1) is 9.56. The first-order valence-corrected chi connectivity index (χ1v) is 7.36. The number of rotatable bonds is 4. The smallest absolute Gasteiger partial charge is 0.376 e. The number of benzene rings is 1. The molecule has 0 unspecified atom stereocenters. The van der Waals surface area contributed by atoms with Crippen molar-refractivity contribution in [2.24, 2.45) is 0 Å². The lowest BCUT2D eigenvalue weighted by Gasteiger charge is -2.00. The van der Waals surface area contributed by atoms with Gasteiger partial charge in [0, 0.05) is 9.50 Å². The Balaban J connectivity index is 2.45. The van der Waals surface area contributed by atoms with Crippen molar-refractivity contribution < 1.29 is 13.9 Å². The normalized spacial score (nSPS) is 10.6. The molecule has 0 atom stereocenters. The molecular formula is C14H13BrClNO3. The molecule has 0 N–H and O–H groups in total. The summed E-state index contributed by atoms with van der Waals surface area (Å²) in [5.74, 6) is 0.0350. The standard InChI is InChI=1S/C14H13BrClNO3/c1-3-11-12(14(18)19-4-2)20-13(17-11)9-6-5-8(16)7-10(9)15/h5-7H,3-4H2,1-2H3. The minimum atomic E-state index is -0.492. The van der Waals surface area contributed by atoms with Crippen molar-refractivity contribution in [2.75, 3.05) is 6.61 Å². The number of nitrogens with zero attached hydrogens (tertiary/aromatic N) is 1. The molecule has 0 amide bonds. The zero-order valence-corrected chi connectivity index (χ0v) is 13.4. The van der Waals surface area contributed by atoms with Crippen LogP contribution < -0.4 is 0 Å². The van der Waals surface area contributed by atoms with Crippen LogP contribution in [0.3, 0.4) is 0 Å². The Morgan fingerprint density at radius 1 is 1.45 bits per heavy atom. The summed E-state index contributed by atoms with van der Waals surface area (Å²) in [6, 6.07) is 5.27. The van der Waals surface area contributed by atoms with Gasteiger partial charge in [-0.15, -0.1) is 0 Å². The van der Waals surface area contributed by atoms with Crippen LogP contribution >= 0.6 is 27.5 Å². The number of ether oxygens (including phenoxy) is 1. The van der Waals surface area contributed by atoms with E-state index in [0.717, 1.165) is 10.0 Å². The molecule has 0 saturated heterocycles. The maximum absolute atomic E-state index is 11.8. The monoisotopic (exact) mass is 357 g/mol. The average molecular weight is 359 g/mol. The molecule has 0 fully saturated rings. The molecule has 20 heavy (non-hydrogen) atoms. The molecule has 0 radical (unpaired) electrons. The third-order valence-electron chi connectivity index (χ3n) is 2.65. The first-order valence-electron chi connectivity index (χ1n) is 6.19. The maximum Gasteiger partial charge on any atom is 0.376 e. The lowest BCUT2D eigenvalue weighted by atomic mass is 10.2. The van der Waals surface area contributed by atoms with Gasteiger partial charge in [-0.2, -0.15) is 0 Å². The molecule has 1 aromatic heterocycles. The van der Waals surface area contributed by atoms with E-state index in [1.54, 1.807) is 25.1 Å². The summed E-state index contributed by atoms with van der Waals surface area (Å²) in [5.41, 5.74) is 1.32. The van der Waals surface area contributed by atoms with Crippen molar-refractivity contribution in [3.05, 3.63) is 39.1 Å². The average Bonchev–Trinajstić information content (AvgIpc) is 2.83. The third-order valence-corrected chi connectivity index (χ3v) is 3.55. The van der Waals surface area contributed by atoms with Crippen molar-refractivity contribution in [2.45, 2.75) is 20.3 Å². The molecule has 0 aliphatic carbocycles. The van der Waals surface area contributed by atoms with Crippen molar-refractivity contribution in [1.29, 1.82) is 0 Å². The van der Waals surface area contributed by atoms with Crippen LogP contribution in [0.5, 0.6) is 0 Å². The van der Waals surface area contributed by atoms with Gasteiger partial charge in [0.15, 0.2) is 0 Å². The highest BCUT2D eigenvalue weighted by atomic mass is 79.9. The maximum atomic E-state index is 11.8. The third kappa shape index (κ3) is 3.04. The zero-order chi connectivity index (χ0) is 14.7. The molecule has 2 rings (SSSR count). The van der Waals surface area contributed by atoms with E-state index >= 15 is 0 Å². The van der Waals surface area contributed by atoms with Crippen LogP contribution in [0.4, 0.5) is 0 Å². The molecule has 0 aliphatic rings. The van der Waals surface area contributed by atoms with Crippen molar-refractivity contribution >= 4 is 33.5 Å². The van der Waals surface area contributed by atoms with E-state index in [2.05, 4.69) is 20.9 Å². The largest absolute Gasteiger partial charge is 0.460 e. The summed E-state index contributed by atoms with van der Waals surface area (Å²) in [5, 5.41) is 0.605. The summed E-state index contributed by atoms with van der Waals surface area (Å²) in [6.45, 7) is 3.94. The highest BCUT2D eigenvalue weighted by Gasteiger charge is 2.21. The van der Waals surface area contributed by atoms with Crippen LogP contribution in [-0.2, 0) is 11.2 Å². The second-order valence-corrected chi connectivity index (χ2v) is 5.28. The Hall–Kier alpha value is -1.33. The fourth-order valence-corrected chi connectivity index (χ4v) is 2.58. The van der Waals surface area contributed by atoms with Gasteiger partial charge in [-0.25, -0.2) is 9.78 Å². The van der Waals surface area contributed by atoms with Gasteiger partial charge in [0.1, 0.15) is 0 Å². The van der Waals surface area contributed by atoms with Crippen LogP contribution in [0.25, 0.3) is 11.5 Å². The minimum absolute atomic E-state index is 0.159. The van der Waals surface area contributed by atoms with Crippen LogP contribution in [0.2, 0.25) is 5.02 Å². The molecule has 1 heterocycles. The molecule has 0 saturated carbocycles. The second-order valence-electron chi connectivity index (χ2n) is 3.99. The fraction of sp³-hybridized carbons (Fsp3) is 0.286. The SMILES string of the molecule is CCOC(=O)c1oc(-c2ccc(Cl)cc2Br)nc1CC. The molecule has 0 spiro atoms. The topological polar surface area (TPSA) is 52.3 Å². The molecule has 1 aromatic carbocycles. The van der Waals surface area contributed by atoms with E-state index in [9.17, 15) is 4.79 Å². The van der Waals surface area contributed by atoms with E-state index in [1.807, 2.05) is 6.92 Å². The number of aryl methyl sites for hydroxylation is 1. The van der Waals surface area contributed by atoms with E-state index in [0.29, 0.717) is 29.6 Å². The lowest BCUT2D eigenvalue weighted by Crippen LogP contribution is -2.05. The summed E-state index contributed by atoms with van der Waals surface area (Å²) < 4.78 is 11.3. The van der Waals surface area contributed by atoms with E-state index in [-0.39, 0.29) is 5.76 Å². The molecule has 0 aliphatic heterocycles. The zero-order valence-electron chi connectivity index (χ0n) is 11.1. The fourth-order valence-electron chi connectivity index (χ4n) is 1.73. The number of hydrogen-bond acceptors (Lipinski definition) is 4. The summed E-state index contributed by atoms with van der Waals surface area (Å²) >= 11 is 9.31. The van der Waals surface area contributed by atoms with E-state index in [1.165, 1.54) is 0 Å². The summed E-state index contributed by atoms with van der Waals surface area (Å²) in [7, 11) is 0. The van der Waals surface area contributed by atoms with Crippen LogP contribution in [-0.4, -0.2) is 17.6 Å². The van der Waals surface area contributed by atoms with Gasteiger partial charge in [-0.1, -0.05) is 18.5 Å². The van der Waals surface area contributed by atoms with Crippen LogP contribution in [0.1, 0.15) is 30.1 Å². The van der Waals surface area contributed by atoms with Crippen molar-refractivity contribution in [3.63, 3.8) is 0 Å². The number of esters is 1. The van der Waals surface area contributed by atoms with E-state index < -0.39 is 5.97 Å². The Bertz CT molecular complexity index is 639. The Morgan fingerprint density at radius 2 is 2.20 bits per heavy atom. The van der Waals surface area contributed by atoms with Gasteiger partial charge in [-0.3, -0.25) is 0 Å². The number of carbonyl (C=O) groups excluding carboxylic acids is 1. The Labute approximate surface area is 130 Å². The Kier molecular flexibility index (Phi) is 4.83.